The normalized spacial score (nSPS) is 16.6. The number of hydrogen-bond acceptors (Lipinski definition) is 1. The van der Waals surface area contributed by atoms with Crippen LogP contribution in [0.4, 0.5) is 26.3 Å². The highest BCUT2D eigenvalue weighted by Gasteiger charge is 2.45. The first-order valence-electron chi connectivity index (χ1n) is 5.21. The van der Waals surface area contributed by atoms with E-state index in [1.165, 1.54) is 0 Å². The first-order valence-corrected chi connectivity index (χ1v) is 5.21. The summed E-state index contributed by atoms with van der Waals surface area (Å²) in [6, 6.07) is 1.65. The van der Waals surface area contributed by atoms with Gasteiger partial charge in [-0.15, -0.1) is 0 Å². The quantitative estimate of drug-likeness (QED) is 0.712. The molecule has 0 saturated heterocycles. The third kappa shape index (κ3) is 2.31. The molecular formula is C11H9F6N. The molecule has 0 saturated carbocycles. The van der Waals surface area contributed by atoms with Gasteiger partial charge in [0, 0.05) is 6.54 Å². The summed E-state index contributed by atoms with van der Waals surface area (Å²) in [6.45, 7) is 0.282. The van der Waals surface area contributed by atoms with Crippen molar-refractivity contribution in [3.05, 3.63) is 34.4 Å². The topological polar surface area (TPSA) is 12.0 Å². The summed E-state index contributed by atoms with van der Waals surface area (Å²) in [6.07, 6.45) is -9.71. The molecule has 0 aliphatic carbocycles. The number of rotatable bonds is 0. The van der Waals surface area contributed by atoms with Crippen LogP contribution in [-0.4, -0.2) is 6.54 Å². The van der Waals surface area contributed by atoms with E-state index in [0.717, 1.165) is 6.07 Å². The minimum Gasteiger partial charge on any atom is -0.312 e. The maximum absolute atomic E-state index is 12.8. The molecule has 1 nitrogen and oxygen atoms in total. The van der Waals surface area contributed by atoms with Crippen molar-refractivity contribution in [1.82, 2.24) is 5.32 Å². The molecule has 1 aromatic carbocycles. The predicted octanol–water partition coefficient (Wildman–Crippen LogP) is 3.37. The third-order valence-electron chi connectivity index (χ3n) is 2.87. The highest BCUT2D eigenvalue weighted by Crippen LogP contribution is 2.43. The largest absolute Gasteiger partial charge is 0.417 e. The summed E-state index contributed by atoms with van der Waals surface area (Å²) >= 11 is 0. The van der Waals surface area contributed by atoms with Crippen molar-refractivity contribution in [3.8, 4) is 0 Å². The third-order valence-corrected chi connectivity index (χ3v) is 2.87. The molecule has 2 rings (SSSR count). The molecule has 7 heteroatoms. The monoisotopic (exact) mass is 269 g/mol. The Kier molecular flexibility index (Phi) is 3.04. The minimum absolute atomic E-state index is 0.186. The van der Waals surface area contributed by atoms with Crippen molar-refractivity contribution >= 4 is 0 Å². The molecule has 0 aromatic heterocycles. The highest BCUT2D eigenvalue weighted by molar-refractivity contribution is 5.45. The van der Waals surface area contributed by atoms with Crippen LogP contribution in [-0.2, 0) is 25.3 Å². The average Bonchev–Trinajstić information content (AvgIpc) is 2.24. The molecule has 0 spiro atoms. The number of fused-ring (bicyclic) bond motifs is 1. The highest BCUT2D eigenvalue weighted by atomic mass is 19.4. The van der Waals surface area contributed by atoms with E-state index in [2.05, 4.69) is 5.32 Å². The van der Waals surface area contributed by atoms with E-state index in [1.807, 2.05) is 0 Å². The molecule has 1 aromatic rings. The molecule has 1 heterocycles. The van der Waals surface area contributed by atoms with Gasteiger partial charge in [0.2, 0.25) is 0 Å². The smallest absolute Gasteiger partial charge is 0.312 e. The van der Waals surface area contributed by atoms with Gasteiger partial charge >= 0.3 is 12.4 Å². The Balaban J connectivity index is 2.69. The van der Waals surface area contributed by atoms with Crippen LogP contribution in [0.25, 0.3) is 0 Å². The second-order valence-electron chi connectivity index (χ2n) is 4.05. The first-order chi connectivity index (χ1) is 8.21. The maximum atomic E-state index is 12.8. The lowest BCUT2D eigenvalue weighted by molar-refractivity contribution is -0.162. The summed E-state index contributed by atoms with van der Waals surface area (Å²) in [5, 5.41) is 2.66. The van der Waals surface area contributed by atoms with Gasteiger partial charge in [0.15, 0.2) is 0 Å². The van der Waals surface area contributed by atoms with Crippen LogP contribution in [0.5, 0.6) is 0 Å². The van der Waals surface area contributed by atoms with Gasteiger partial charge < -0.3 is 5.32 Å². The zero-order valence-corrected chi connectivity index (χ0v) is 9.04. The molecule has 1 aliphatic rings. The SMILES string of the molecule is FC(F)(F)c1ccc2c(c1C(F)(F)F)CNCC2. The van der Waals surface area contributed by atoms with Gasteiger partial charge in [-0.1, -0.05) is 6.07 Å². The minimum atomic E-state index is -5.00. The predicted molar refractivity (Wildman–Crippen MR) is 51.9 cm³/mol. The molecule has 0 amide bonds. The van der Waals surface area contributed by atoms with Crippen molar-refractivity contribution in [3.63, 3.8) is 0 Å². The summed E-state index contributed by atoms with van der Waals surface area (Å²) in [5.41, 5.74) is -3.13. The standard InChI is InChI=1S/C11H9F6N/c12-10(13,14)8-2-1-6-3-4-18-5-7(6)9(8)11(15,16)17/h1-2,18H,3-5H2. The average molecular weight is 269 g/mol. The lowest BCUT2D eigenvalue weighted by Gasteiger charge is -2.25. The molecule has 100 valence electrons. The van der Waals surface area contributed by atoms with Crippen molar-refractivity contribution in [2.24, 2.45) is 0 Å². The summed E-state index contributed by atoms with van der Waals surface area (Å²) in [7, 11) is 0. The Hall–Kier alpha value is -1.24. The lowest BCUT2D eigenvalue weighted by Crippen LogP contribution is -2.29. The summed E-state index contributed by atoms with van der Waals surface area (Å²) in [4.78, 5) is 0. The van der Waals surface area contributed by atoms with Gasteiger partial charge in [-0.25, -0.2) is 0 Å². The Morgan fingerprint density at radius 3 is 2.17 bits per heavy atom. The van der Waals surface area contributed by atoms with E-state index in [-0.39, 0.29) is 12.1 Å². The molecule has 0 radical (unpaired) electrons. The van der Waals surface area contributed by atoms with E-state index < -0.39 is 23.5 Å². The second kappa shape index (κ2) is 4.15. The fraction of sp³-hybridized carbons (Fsp3) is 0.455. The molecule has 0 bridgehead atoms. The fourth-order valence-electron chi connectivity index (χ4n) is 2.12. The van der Waals surface area contributed by atoms with Crippen molar-refractivity contribution in [2.75, 3.05) is 6.54 Å². The summed E-state index contributed by atoms with van der Waals surface area (Å²) in [5.74, 6) is 0. The van der Waals surface area contributed by atoms with Gasteiger partial charge in [0.1, 0.15) is 0 Å². The molecule has 0 unspecified atom stereocenters. The van der Waals surface area contributed by atoms with E-state index in [1.54, 1.807) is 0 Å². The fourth-order valence-corrected chi connectivity index (χ4v) is 2.12. The van der Waals surface area contributed by atoms with Crippen LogP contribution < -0.4 is 5.32 Å². The molecular weight excluding hydrogens is 260 g/mol. The van der Waals surface area contributed by atoms with Gasteiger partial charge in [0.05, 0.1) is 11.1 Å². The Morgan fingerprint density at radius 1 is 0.944 bits per heavy atom. The molecule has 18 heavy (non-hydrogen) atoms. The van der Waals surface area contributed by atoms with E-state index in [0.29, 0.717) is 24.6 Å². The Bertz CT molecular complexity index is 460. The number of benzene rings is 1. The maximum Gasteiger partial charge on any atom is 0.417 e. The van der Waals surface area contributed by atoms with E-state index in [4.69, 9.17) is 0 Å². The van der Waals surface area contributed by atoms with Gasteiger partial charge in [-0.2, -0.15) is 26.3 Å². The van der Waals surface area contributed by atoms with Crippen molar-refractivity contribution in [1.29, 1.82) is 0 Å². The zero-order valence-electron chi connectivity index (χ0n) is 9.04. The number of halogens is 6. The van der Waals surface area contributed by atoms with Crippen molar-refractivity contribution < 1.29 is 26.3 Å². The van der Waals surface area contributed by atoms with Crippen LogP contribution in [0.1, 0.15) is 22.3 Å². The zero-order chi connectivity index (χ0) is 13.6. The van der Waals surface area contributed by atoms with E-state index >= 15 is 0 Å². The molecule has 1 N–H and O–H groups in total. The first kappa shape index (κ1) is 13.2. The number of alkyl halides is 6. The molecule has 0 fully saturated rings. The van der Waals surface area contributed by atoms with Gasteiger partial charge in [-0.3, -0.25) is 0 Å². The Labute approximate surface area is 98.8 Å². The molecule has 0 atom stereocenters. The van der Waals surface area contributed by atoms with Gasteiger partial charge in [0.25, 0.3) is 0 Å². The number of hydrogen-bond donors (Lipinski definition) is 1. The summed E-state index contributed by atoms with van der Waals surface area (Å²) < 4.78 is 76.4. The van der Waals surface area contributed by atoms with E-state index in [9.17, 15) is 26.3 Å². The van der Waals surface area contributed by atoms with Gasteiger partial charge in [-0.05, 0) is 30.2 Å². The molecule has 1 aliphatic heterocycles. The van der Waals surface area contributed by atoms with Crippen LogP contribution in [0.3, 0.4) is 0 Å². The lowest BCUT2D eigenvalue weighted by atomic mass is 9.91. The van der Waals surface area contributed by atoms with Crippen LogP contribution in [0, 0.1) is 0 Å². The second-order valence-corrected chi connectivity index (χ2v) is 4.05. The Morgan fingerprint density at radius 2 is 1.61 bits per heavy atom. The van der Waals surface area contributed by atoms with Crippen LogP contribution >= 0.6 is 0 Å². The number of nitrogens with one attached hydrogen (secondary N) is 1. The van der Waals surface area contributed by atoms with Crippen LogP contribution in [0.15, 0.2) is 12.1 Å². The van der Waals surface area contributed by atoms with Crippen LogP contribution in [0.2, 0.25) is 0 Å². The van der Waals surface area contributed by atoms with Crippen molar-refractivity contribution in [2.45, 2.75) is 25.3 Å².